The van der Waals surface area contributed by atoms with Gasteiger partial charge in [-0.3, -0.25) is 4.79 Å². The van der Waals surface area contributed by atoms with E-state index in [0.29, 0.717) is 11.8 Å². The molecule has 3 heteroatoms. The van der Waals surface area contributed by atoms with Crippen molar-refractivity contribution >= 4 is 5.91 Å². The Balaban J connectivity index is 1.72. The van der Waals surface area contributed by atoms with Gasteiger partial charge >= 0.3 is 0 Å². The summed E-state index contributed by atoms with van der Waals surface area (Å²) in [5, 5.41) is 3.26. The second-order valence-corrected chi connectivity index (χ2v) is 7.06. The predicted octanol–water partition coefficient (Wildman–Crippen LogP) is 3.16. The number of carbonyl (C=O) groups excluding carboxylic acids is 1. The normalized spacial score (nSPS) is 30.7. The Kier molecular flexibility index (Phi) is 4.03. The molecule has 21 heavy (non-hydrogen) atoms. The van der Waals surface area contributed by atoms with E-state index in [2.05, 4.69) is 24.4 Å². The molecule has 3 rings (SSSR count). The molecule has 3 N–H and O–H groups in total. The highest BCUT2D eigenvalue weighted by Gasteiger charge is 2.41. The summed E-state index contributed by atoms with van der Waals surface area (Å²) in [6.07, 6.45) is 6.28. The van der Waals surface area contributed by atoms with Crippen LogP contribution < -0.4 is 11.1 Å². The molecule has 0 aromatic heterocycles. The average Bonchev–Trinajstić information content (AvgIpc) is 3.29. The van der Waals surface area contributed by atoms with Gasteiger partial charge in [-0.1, -0.05) is 50.1 Å². The highest BCUT2D eigenvalue weighted by atomic mass is 16.2. The van der Waals surface area contributed by atoms with Gasteiger partial charge in [0.2, 0.25) is 5.91 Å². The van der Waals surface area contributed by atoms with Gasteiger partial charge in [-0.05, 0) is 43.1 Å². The minimum atomic E-state index is -0.667. The molecule has 0 bridgehead atoms. The second-order valence-electron chi connectivity index (χ2n) is 7.06. The molecule has 2 saturated carbocycles. The van der Waals surface area contributed by atoms with Crippen molar-refractivity contribution in [2.45, 2.75) is 57.0 Å². The topological polar surface area (TPSA) is 55.1 Å². The summed E-state index contributed by atoms with van der Waals surface area (Å²) >= 11 is 0. The first kappa shape index (κ1) is 14.6. The van der Waals surface area contributed by atoms with E-state index in [1.165, 1.54) is 24.8 Å². The van der Waals surface area contributed by atoms with Crippen molar-refractivity contribution in [1.82, 2.24) is 5.32 Å². The number of benzene rings is 1. The number of rotatable bonds is 4. The highest BCUT2D eigenvalue weighted by molar-refractivity contribution is 5.86. The molecule has 2 aliphatic carbocycles. The van der Waals surface area contributed by atoms with Crippen molar-refractivity contribution in [3.05, 3.63) is 35.9 Å². The predicted molar refractivity (Wildman–Crippen MR) is 84.6 cm³/mol. The standard InChI is InChI=1S/C18H26N2O/c1-13-6-5-11-18(19,12-13)17(21)20-16(15-9-10-15)14-7-3-2-4-8-14/h2-4,7-8,13,15-16H,5-6,9-12,19H2,1H3,(H,20,21). The van der Waals surface area contributed by atoms with Gasteiger partial charge in [-0.2, -0.15) is 0 Å². The third-order valence-corrected chi connectivity index (χ3v) is 5.02. The summed E-state index contributed by atoms with van der Waals surface area (Å²) in [4.78, 5) is 12.7. The minimum absolute atomic E-state index is 0.0507. The van der Waals surface area contributed by atoms with E-state index < -0.39 is 5.54 Å². The van der Waals surface area contributed by atoms with Gasteiger partial charge in [-0.25, -0.2) is 0 Å². The molecule has 0 heterocycles. The fourth-order valence-corrected chi connectivity index (χ4v) is 3.65. The van der Waals surface area contributed by atoms with Crippen molar-refractivity contribution in [3.8, 4) is 0 Å². The van der Waals surface area contributed by atoms with E-state index >= 15 is 0 Å². The molecule has 0 radical (unpaired) electrons. The van der Waals surface area contributed by atoms with Gasteiger partial charge in [-0.15, -0.1) is 0 Å². The first-order chi connectivity index (χ1) is 10.1. The van der Waals surface area contributed by atoms with Crippen LogP contribution in [0.3, 0.4) is 0 Å². The Bertz CT molecular complexity index is 497. The van der Waals surface area contributed by atoms with E-state index in [1.54, 1.807) is 0 Å². The molecule has 1 aromatic rings. The Morgan fingerprint density at radius 3 is 2.62 bits per heavy atom. The molecule has 1 aromatic carbocycles. The Hall–Kier alpha value is -1.35. The lowest BCUT2D eigenvalue weighted by molar-refractivity contribution is -0.129. The third-order valence-electron chi connectivity index (χ3n) is 5.02. The largest absolute Gasteiger partial charge is 0.347 e. The van der Waals surface area contributed by atoms with Crippen LogP contribution in [-0.2, 0) is 4.79 Å². The lowest BCUT2D eigenvalue weighted by Crippen LogP contribution is -2.56. The molecule has 114 valence electrons. The molecular formula is C18H26N2O. The lowest BCUT2D eigenvalue weighted by atomic mass is 9.76. The maximum absolute atomic E-state index is 12.7. The van der Waals surface area contributed by atoms with Crippen LogP contribution in [0.1, 0.15) is 57.1 Å². The van der Waals surface area contributed by atoms with Crippen LogP contribution in [-0.4, -0.2) is 11.4 Å². The fourth-order valence-electron chi connectivity index (χ4n) is 3.65. The maximum atomic E-state index is 12.7. The number of carbonyl (C=O) groups is 1. The van der Waals surface area contributed by atoms with Crippen molar-refractivity contribution in [2.75, 3.05) is 0 Å². The van der Waals surface area contributed by atoms with Gasteiger partial charge in [0.05, 0.1) is 11.6 Å². The molecule has 3 atom stereocenters. The Morgan fingerprint density at radius 2 is 2.00 bits per heavy atom. The zero-order valence-electron chi connectivity index (χ0n) is 12.8. The van der Waals surface area contributed by atoms with Crippen molar-refractivity contribution in [2.24, 2.45) is 17.6 Å². The summed E-state index contributed by atoms with van der Waals surface area (Å²) < 4.78 is 0. The summed E-state index contributed by atoms with van der Waals surface area (Å²) in [5.74, 6) is 1.18. The van der Waals surface area contributed by atoms with Crippen LogP contribution in [0.5, 0.6) is 0 Å². The van der Waals surface area contributed by atoms with Crippen LogP contribution in [0.4, 0.5) is 0 Å². The van der Waals surface area contributed by atoms with Gasteiger partial charge in [0.25, 0.3) is 0 Å². The Labute approximate surface area is 127 Å². The van der Waals surface area contributed by atoms with Gasteiger partial charge in [0.1, 0.15) is 0 Å². The van der Waals surface area contributed by atoms with Crippen molar-refractivity contribution in [1.29, 1.82) is 0 Å². The number of hydrogen-bond acceptors (Lipinski definition) is 2. The number of nitrogens with one attached hydrogen (secondary N) is 1. The van der Waals surface area contributed by atoms with Crippen LogP contribution >= 0.6 is 0 Å². The molecule has 0 aliphatic heterocycles. The van der Waals surface area contributed by atoms with Gasteiger partial charge in [0, 0.05) is 0 Å². The molecule has 3 nitrogen and oxygen atoms in total. The van der Waals surface area contributed by atoms with Gasteiger partial charge in [0.15, 0.2) is 0 Å². The molecule has 0 saturated heterocycles. The van der Waals surface area contributed by atoms with E-state index in [1.807, 2.05) is 18.2 Å². The third kappa shape index (κ3) is 3.29. The summed E-state index contributed by atoms with van der Waals surface area (Å²) in [6, 6.07) is 10.4. The maximum Gasteiger partial charge on any atom is 0.240 e. The Morgan fingerprint density at radius 1 is 1.29 bits per heavy atom. The second kappa shape index (κ2) is 5.80. The van der Waals surface area contributed by atoms with E-state index in [4.69, 9.17) is 5.73 Å². The van der Waals surface area contributed by atoms with Crippen LogP contribution in [0.25, 0.3) is 0 Å². The molecule has 0 spiro atoms. The zero-order chi connectivity index (χ0) is 14.9. The fraction of sp³-hybridized carbons (Fsp3) is 0.611. The summed E-state index contributed by atoms with van der Waals surface area (Å²) in [7, 11) is 0. The minimum Gasteiger partial charge on any atom is -0.347 e. The molecule has 2 fully saturated rings. The lowest BCUT2D eigenvalue weighted by Gasteiger charge is -2.36. The number of nitrogens with two attached hydrogens (primary N) is 1. The highest BCUT2D eigenvalue weighted by Crippen LogP contribution is 2.41. The molecule has 2 aliphatic rings. The van der Waals surface area contributed by atoms with Gasteiger partial charge < -0.3 is 11.1 Å². The number of amides is 1. The number of hydrogen-bond donors (Lipinski definition) is 2. The first-order valence-corrected chi connectivity index (χ1v) is 8.23. The van der Waals surface area contributed by atoms with E-state index in [-0.39, 0.29) is 11.9 Å². The van der Waals surface area contributed by atoms with E-state index in [9.17, 15) is 4.79 Å². The SMILES string of the molecule is CC1CCCC(N)(C(=O)NC(c2ccccc2)C2CC2)C1. The smallest absolute Gasteiger partial charge is 0.240 e. The van der Waals surface area contributed by atoms with Crippen LogP contribution in [0.15, 0.2) is 30.3 Å². The monoisotopic (exact) mass is 286 g/mol. The van der Waals surface area contributed by atoms with Crippen LogP contribution in [0.2, 0.25) is 0 Å². The molecule has 1 amide bonds. The first-order valence-electron chi connectivity index (χ1n) is 8.23. The summed E-state index contributed by atoms with van der Waals surface area (Å²) in [5.41, 5.74) is 6.97. The quantitative estimate of drug-likeness (QED) is 0.893. The molecule has 3 unspecified atom stereocenters. The molecular weight excluding hydrogens is 260 g/mol. The summed E-state index contributed by atoms with van der Waals surface area (Å²) in [6.45, 7) is 2.20. The van der Waals surface area contributed by atoms with Crippen molar-refractivity contribution < 1.29 is 4.79 Å². The zero-order valence-corrected chi connectivity index (χ0v) is 12.8. The van der Waals surface area contributed by atoms with E-state index in [0.717, 1.165) is 19.3 Å². The van der Waals surface area contributed by atoms with Crippen LogP contribution in [0, 0.1) is 11.8 Å². The van der Waals surface area contributed by atoms with Crippen molar-refractivity contribution in [3.63, 3.8) is 0 Å². The average molecular weight is 286 g/mol.